The molecule has 4 heteroatoms. The molecule has 0 amide bonds. The van der Waals surface area contributed by atoms with Gasteiger partial charge in [-0.1, -0.05) is 15.9 Å². The zero-order chi connectivity index (χ0) is 13.1. The summed E-state index contributed by atoms with van der Waals surface area (Å²) in [4.78, 5) is 2.35. The minimum atomic E-state index is -0.122. The number of hydrogen-bond donors (Lipinski definition) is 0. The smallest absolute Gasteiger partial charge is 0.127 e. The molecular weight excluding hydrogens is 317 g/mol. The molecule has 100 valence electrons. The summed E-state index contributed by atoms with van der Waals surface area (Å²) in [5, 5.41) is 0.183. The van der Waals surface area contributed by atoms with Gasteiger partial charge in [0.15, 0.2) is 0 Å². The van der Waals surface area contributed by atoms with Crippen molar-refractivity contribution >= 4 is 27.5 Å². The van der Waals surface area contributed by atoms with Crippen molar-refractivity contribution < 1.29 is 4.39 Å². The lowest BCUT2D eigenvalue weighted by atomic mass is 10.1. The first kappa shape index (κ1) is 14.3. The van der Waals surface area contributed by atoms with E-state index in [9.17, 15) is 4.39 Å². The van der Waals surface area contributed by atoms with Gasteiger partial charge in [0.05, 0.1) is 0 Å². The number of benzene rings is 1. The van der Waals surface area contributed by atoms with Gasteiger partial charge >= 0.3 is 0 Å². The van der Waals surface area contributed by atoms with Crippen molar-refractivity contribution in [1.29, 1.82) is 0 Å². The van der Waals surface area contributed by atoms with Crippen molar-refractivity contribution in [3.05, 3.63) is 34.1 Å². The molecule has 1 nitrogen and oxygen atoms in total. The number of halogens is 3. The Hall–Kier alpha value is -0.120. The largest absolute Gasteiger partial charge is 0.296 e. The maximum atomic E-state index is 13.7. The number of likely N-dealkylation sites (tertiary alicyclic amines) is 1. The first-order valence-corrected chi connectivity index (χ1v) is 7.61. The fourth-order valence-electron chi connectivity index (χ4n) is 2.63. The van der Waals surface area contributed by atoms with Crippen molar-refractivity contribution in [2.75, 3.05) is 6.54 Å². The molecule has 2 rings (SSSR count). The first-order chi connectivity index (χ1) is 8.56. The molecule has 0 aliphatic carbocycles. The van der Waals surface area contributed by atoms with Gasteiger partial charge in [0.1, 0.15) is 5.82 Å². The Labute approximate surface area is 121 Å². The highest BCUT2D eigenvalue weighted by Crippen LogP contribution is 2.26. The lowest BCUT2D eigenvalue weighted by molar-refractivity contribution is 0.231. The minimum Gasteiger partial charge on any atom is -0.296 e. The second-order valence-corrected chi connectivity index (χ2v) is 6.68. The van der Waals surface area contributed by atoms with Crippen molar-refractivity contribution in [3.8, 4) is 0 Å². The summed E-state index contributed by atoms with van der Waals surface area (Å²) in [6.07, 6.45) is 3.34. The van der Waals surface area contributed by atoms with Gasteiger partial charge < -0.3 is 0 Å². The van der Waals surface area contributed by atoms with E-state index in [1.807, 2.05) is 13.0 Å². The van der Waals surface area contributed by atoms with Crippen LogP contribution in [0.1, 0.15) is 31.7 Å². The third kappa shape index (κ3) is 3.69. The van der Waals surface area contributed by atoms with Crippen LogP contribution in [-0.2, 0) is 6.54 Å². The second-order valence-electron chi connectivity index (χ2n) is 5.02. The third-order valence-electron chi connectivity index (χ3n) is 3.48. The molecule has 2 unspecified atom stereocenters. The number of hydrogen-bond acceptors (Lipinski definition) is 1. The molecule has 1 saturated heterocycles. The van der Waals surface area contributed by atoms with Gasteiger partial charge in [0, 0.05) is 28.0 Å². The summed E-state index contributed by atoms with van der Waals surface area (Å²) in [5.74, 6) is -0.122. The van der Waals surface area contributed by atoms with Crippen molar-refractivity contribution in [1.82, 2.24) is 4.90 Å². The lowest BCUT2D eigenvalue weighted by Gasteiger charge is -2.25. The summed E-state index contributed by atoms with van der Waals surface area (Å²) < 4.78 is 14.7. The Morgan fingerprint density at radius 1 is 1.56 bits per heavy atom. The van der Waals surface area contributed by atoms with Crippen LogP contribution in [0.3, 0.4) is 0 Å². The van der Waals surface area contributed by atoms with Crippen molar-refractivity contribution in [2.45, 2.75) is 44.1 Å². The van der Waals surface area contributed by atoms with Gasteiger partial charge in [-0.15, -0.1) is 11.6 Å². The summed E-state index contributed by atoms with van der Waals surface area (Å²) in [6, 6.07) is 5.63. The molecule has 1 aromatic carbocycles. The molecule has 0 N–H and O–H groups in total. The van der Waals surface area contributed by atoms with Crippen LogP contribution in [0, 0.1) is 5.82 Å². The second kappa shape index (κ2) is 6.36. The maximum absolute atomic E-state index is 13.7. The van der Waals surface area contributed by atoms with Gasteiger partial charge in [-0.2, -0.15) is 0 Å². The molecule has 0 aromatic heterocycles. The van der Waals surface area contributed by atoms with Gasteiger partial charge in [-0.3, -0.25) is 4.90 Å². The van der Waals surface area contributed by atoms with Crippen LogP contribution in [0.2, 0.25) is 0 Å². The lowest BCUT2D eigenvalue weighted by Crippen LogP contribution is -2.30. The average molecular weight is 335 g/mol. The van der Waals surface area contributed by atoms with Crippen LogP contribution in [-0.4, -0.2) is 22.9 Å². The van der Waals surface area contributed by atoms with Gasteiger partial charge in [0.2, 0.25) is 0 Å². The summed E-state index contributed by atoms with van der Waals surface area (Å²) in [6.45, 7) is 3.75. The van der Waals surface area contributed by atoms with E-state index in [1.165, 1.54) is 18.9 Å². The first-order valence-electron chi connectivity index (χ1n) is 6.38. The molecule has 0 spiro atoms. The molecule has 0 saturated carbocycles. The van der Waals surface area contributed by atoms with Crippen LogP contribution in [0.5, 0.6) is 0 Å². The van der Waals surface area contributed by atoms with Gasteiger partial charge in [-0.25, -0.2) is 4.39 Å². The Kier molecular flexibility index (Phi) is 5.05. The summed E-state index contributed by atoms with van der Waals surface area (Å²) in [7, 11) is 0. The van der Waals surface area contributed by atoms with E-state index in [-0.39, 0.29) is 11.2 Å². The van der Waals surface area contributed by atoms with Crippen molar-refractivity contribution in [2.24, 2.45) is 0 Å². The molecule has 1 aromatic rings. The van der Waals surface area contributed by atoms with E-state index in [0.717, 1.165) is 23.0 Å². The fraction of sp³-hybridized carbons (Fsp3) is 0.571. The highest BCUT2D eigenvalue weighted by Gasteiger charge is 2.26. The van der Waals surface area contributed by atoms with E-state index in [4.69, 9.17) is 11.6 Å². The number of nitrogens with zero attached hydrogens (tertiary/aromatic N) is 1. The SMILES string of the molecule is CC(Cl)CC1CCCN1Cc1cc(Br)ccc1F. The van der Waals surface area contributed by atoms with E-state index >= 15 is 0 Å². The fourth-order valence-corrected chi connectivity index (χ4v) is 3.24. The standard InChI is InChI=1S/C14H18BrClFN/c1-10(16)7-13-3-2-6-18(13)9-11-8-12(15)4-5-14(11)17/h4-5,8,10,13H,2-3,6-7,9H2,1H3. The monoisotopic (exact) mass is 333 g/mol. The van der Waals surface area contributed by atoms with E-state index < -0.39 is 0 Å². The molecule has 1 aliphatic heterocycles. The van der Waals surface area contributed by atoms with E-state index in [0.29, 0.717) is 12.6 Å². The predicted octanol–water partition coefficient (Wildman–Crippen LogP) is 4.57. The van der Waals surface area contributed by atoms with Crippen LogP contribution in [0.25, 0.3) is 0 Å². The maximum Gasteiger partial charge on any atom is 0.127 e. The topological polar surface area (TPSA) is 3.24 Å². The van der Waals surface area contributed by atoms with E-state index in [1.54, 1.807) is 6.07 Å². The predicted molar refractivity (Wildman–Crippen MR) is 77.5 cm³/mol. The summed E-state index contributed by atoms with van der Waals surface area (Å²) in [5.41, 5.74) is 0.763. The normalized spacial score (nSPS) is 22.3. The molecule has 1 fully saturated rings. The molecule has 18 heavy (non-hydrogen) atoms. The Morgan fingerprint density at radius 2 is 2.33 bits per heavy atom. The number of rotatable bonds is 4. The van der Waals surface area contributed by atoms with Crippen LogP contribution in [0.4, 0.5) is 4.39 Å². The third-order valence-corrected chi connectivity index (χ3v) is 4.15. The zero-order valence-electron chi connectivity index (χ0n) is 10.5. The highest BCUT2D eigenvalue weighted by atomic mass is 79.9. The van der Waals surface area contributed by atoms with Crippen molar-refractivity contribution in [3.63, 3.8) is 0 Å². The minimum absolute atomic E-state index is 0.122. The summed E-state index contributed by atoms with van der Waals surface area (Å²) >= 11 is 9.47. The molecule has 0 radical (unpaired) electrons. The zero-order valence-corrected chi connectivity index (χ0v) is 12.8. The molecule has 0 bridgehead atoms. The molecule has 2 atom stereocenters. The Bertz CT molecular complexity index is 411. The molecule has 1 heterocycles. The Morgan fingerprint density at radius 3 is 3.06 bits per heavy atom. The van der Waals surface area contributed by atoms with Gasteiger partial charge in [-0.05, 0) is 50.9 Å². The van der Waals surface area contributed by atoms with Crippen LogP contribution >= 0.6 is 27.5 Å². The Balaban J connectivity index is 2.05. The average Bonchev–Trinajstić information content (AvgIpc) is 2.70. The number of alkyl halides is 1. The van der Waals surface area contributed by atoms with Crippen LogP contribution in [0.15, 0.2) is 22.7 Å². The molecule has 1 aliphatic rings. The van der Waals surface area contributed by atoms with E-state index in [2.05, 4.69) is 20.8 Å². The highest BCUT2D eigenvalue weighted by molar-refractivity contribution is 9.10. The quantitative estimate of drug-likeness (QED) is 0.729. The molecular formula is C14H18BrClFN. The van der Waals surface area contributed by atoms with Gasteiger partial charge in [0.25, 0.3) is 0 Å². The van der Waals surface area contributed by atoms with Crippen LogP contribution < -0.4 is 0 Å².